The Kier molecular flexibility index (Phi) is 3.91. The molecule has 102 valence electrons. The number of carbonyl (C=O) groups is 2. The van der Waals surface area contributed by atoms with Crippen LogP contribution < -0.4 is 5.32 Å². The molecule has 6 heteroatoms. The molecule has 0 heterocycles. The molecule has 0 saturated heterocycles. The summed E-state index contributed by atoms with van der Waals surface area (Å²) < 4.78 is 0. The molecule has 0 bridgehead atoms. The minimum absolute atomic E-state index is 0.0375. The third-order valence-corrected chi connectivity index (χ3v) is 2.82. The lowest BCUT2D eigenvalue weighted by atomic mass is 10.1. The normalized spacial score (nSPS) is 10.1. The number of halogens is 1. The molecule has 0 spiro atoms. The summed E-state index contributed by atoms with van der Waals surface area (Å²) >= 11 is 5.79. The van der Waals surface area contributed by atoms with Crippen molar-refractivity contribution < 1.29 is 19.8 Å². The highest BCUT2D eigenvalue weighted by molar-refractivity contribution is 6.31. The summed E-state index contributed by atoms with van der Waals surface area (Å²) in [6.45, 7) is 0. The number of hydrogen-bond acceptors (Lipinski definition) is 3. The second-order valence-corrected chi connectivity index (χ2v) is 4.43. The fourth-order valence-corrected chi connectivity index (χ4v) is 1.79. The van der Waals surface area contributed by atoms with Gasteiger partial charge in [0.2, 0.25) is 0 Å². The van der Waals surface area contributed by atoms with Gasteiger partial charge in [0.05, 0.1) is 11.3 Å². The van der Waals surface area contributed by atoms with Crippen LogP contribution in [-0.4, -0.2) is 22.1 Å². The van der Waals surface area contributed by atoms with E-state index in [0.717, 1.165) is 0 Å². The number of rotatable bonds is 3. The van der Waals surface area contributed by atoms with Gasteiger partial charge in [-0.05, 0) is 42.5 Å². The number of anilines is 1. The number of carboxylic acids is 1. The quantitative estimate of drug-likeness (QED) is 0.811. The number of benzene rings is 2. The van der Waals surface area contributed by atoms with Crippen LogP contribution >= 0.6 is 11.6 Å². The predicted molar refractivity (Wildman–Crippen MR) is 74.5 cm³/mol. The van der Waals surface area contributed by atoms with E-state index in [1.807, 2.05) is 0 Å². The number of carbonyl (C=O) groups excluding carboxylic acids is 1. The van der Waals surface area contributed by atoms with E-state index in [1.54, 1.807) is 0 Å². The Bertz CT molecular complexity index is 667. The molecule has 0 saturated carbocycles. The van der Waals surface area contributed by atoms with E-state index in [0.29, 0.717) is 10.6 Å². The second-order valence-electron chi connectivity index (χ2n) is 4.00. The highest BCUT2D eigenvalue weighted by atomic mass is 35.5. The molecule has 5 nitrogen and oxygen atoms in total. The molecule has 0 fully saturated rings. The Hall–Kier alpha value is -2.53. The lowest BCUT2D eigenvalue weighted by Gasteiger charge is -2.09. The van der Waals surface area contributed by atoms with Gasteiger partial charge >= 0.3 is 5.97 Å². The molecular formula is C14H10ClNO4. The largest absolute Gasteiger partial charge is 0.508 e. The summed E-state index contributed by atoms with van der Waals surface area (Å²) in [5, 5.41) is 21.0. The Morgan fingerprint density at radius 2 is 1.70 bits per heavy atom. The molecule has 1 amide bonds. The molecule has 0 unspecified atom stereocenters. The zero-order valence-electron chi connectivity index (χ0n) is 10.1. The van der Waals surface area contributed by atoms with Gasteiger partial charge in [0.15, 0.2) is 0 Å². The molecule has 2 aromatic carbocycles. The van der Waals surface area contributed by atoms with Crippen molar-refractivity contribution in [2.75, 3.05) is 5.32 Å². The number of nitrogens with one attached hydrogen (secondary N) is 1. The number of phenolic OH excluding ortho intramolecular Hbond substituents is 1. The van der Waals surface area contributed by atoms with E-state index >= 15 is 0 Å². The highest BCUT2D eigenvalue weighted by Crippen LogP contribution is 2.22. The van der Waals surface area contributed by atoms with Crippen LogP contribution in [0.25, 0.3) is 0 Å². The first kappa shape index (κ1) is 13.9. The number of carboxylic acid groups (broad SMARTS) is 1. The van der Waals surface area contributed by atoms with Crippen molar-refractivity contribution in [1.29, 1.82) is 0 Å². The van der Waals surface area contributed by atoms with E-state index in [9.17, 15) is 9.59 Å². The average Bonchev–Trinajstić information content (AvgIpc) is 2.39. The molecular weight excluding hydrogens is 282 g/mol. The van der Waals surface area contributed by atoms with Crippen molar-refractivity contribution in [3.05, 3.63) is 58.6 Å². The standard InChI is InChI=1S/C14H10ClNO4/c15-9-3-6-11(14(19)20)12(7-9)16-13(18)8-1-4-10(17)5-2-8/h1-7,17H,(H,16,18)(H,19,20). The molecule has 3 N–H and O–H groups in total. The summed E-state index contributed by atoms with van der Waals surface area (Å²) in [5.41, 5.74) is 0.351. The molecule has 0 radical (unpaired) electrons. The summed E-state index contributed by atoms with van der Waals surface area (Å²) in [6, 6.07) is 9.70. The summed E-state index contributed by atoms with van der Waals surface area (Å²) in [5.74, 6) is -1.62. The van der Waals surface area contributed by atoms with Crippen LogP contribution in [0, 0.1) is 0 Å². The van der Waals surface area contributed by atoms with Crippen molar-refractivity contribution in [1.82, 2.24) is 0 Å². The topological polar surface area (TPSA) is 86.6 Å². The molecule has 20 heavy (non-hydrogen) atoms. The highest BCUT2D eigenvalue weighted by Gasteiger charge is 2.14. The van der Waals surface area contributed by atoms with Crippen LogP contribution in [0.4, 0.5) is 5.69 Å². The SMILES string of the molecule is O=C(Nc1cc(Cl)ccc1C(=O)O)c1ccc(O)cc1. The van der Waals surface area contributed by atoms with E-state index in [-0.39, 0.29) is 17.0 Å². The van der Waals surface area contributed by atoms with Crippen LogP contribution in [0.1, 0.15) is 20.7 Å². The number of aromatic carboxylic acids is 1. The van der Waals surface area contributed by atoms with Gasteiger partial charge in [0, 0.05) is 10.6 Å². The van der Waals surface area contributed by atoms with E-state index in [4.69, 9.17) is 21.8 Å². The van der Waals surface area contributed by atoms with Crippen LogP contribution in [0.2, 0.25) is 5.02 Å². The van der Waals surface area contributed by atoms with Gasteiger partial charge in [0.25, 0.3) is 5.91 Å². The first-order valence-corrected chi connectivity index (χ1v) is 5.98. The van der Waals surface area contributed by atoms with Gasteiger partial charge < -0.3 is 15.5 Å². The van der Waals surface area contributed by atoms with Crippen LogP contribution in [0.15, 0.2) is 42.5 Å². The molecule has 0 aliphatic rings. The maximum absolute atomic E-state index is 12.0. The monoisotopic (exact) mass is 291 g/mol. The van der Waals surface area contributed by atoms with Gasteiger partial charge in [0.1, 0.15) is 5.75 Å². The van der Waals surface area contributed by atoms with Crippen molar-refractivity contribution in [3.8, 4) is 5.75 Å². The minimum Gasteiger partial charge on any atom is -0.508 e. The minimum atomic E-state index is -1.16. The Balaban J connectivity index is 2.29. The lowest BCUT2D eigenvalue weighted by Crippen LogP contribution is -2.14. The van der Waals surface area contributed by atoms with Crippen LogP contribution in [0.3, 0.4) is 0 Å². The Labute approximate surface area is 119 Å². The zero-order valence-corrected chi connectivity index (χ0v) is 10.9. The van der Waals surface area contributed by atoms with Crippen molar-refractivity contribution in [3.63, 3.8) is 0 Å². The average molecular weight is 292 g/mol. The second kappa shape index (κ2) is 5.63. The molecule has 0 aliphatic heterocycles. The van der Waals surface area contributed by atoms with E-state index < -0.39 is 11.9 Å². The molecule has 0 aliphatic carbocycles. The van der Waals surface area contributed by atoms with Gasteiger partial charge in [-0.2, -0.15) is 0 Å². The van der Waals surface area contributed by atoms with Crippen molar-refractivity contribution in [2.24, 2.45) is 0 Å². The zero-order chi connectivity index (χ0) is 14.7. The van der Waals surface area contributed by atoms with E-state index in [1.165, 1.54) is 42.5 Å². The molecule has 0 aromatic heterocycles. The Morgan fingerprint density at radius 3 is 2.30 bits per heavy atom. The summed E-state index contributed by atoms with van der Waals surface area (Å²) in [7, 11) is 0. The third-order valence-electron chi connectivity index (χ3n) is 2.59. The number of amides is 1. The molecule has 0 atom stereocenters. The molecule has 2 rings (SSSR count). The Morgan fingerprint density at radius 1 is 1.05 bits per heavy atom. The van der Waals surface area contributed by atoms with Gasteiger partial charge in [-0.3, -0.25) is 4.79 Å². The van der Waals surface area contributed by atoms with Crippen molar-refractivity contribution in [2.45, 2.75) is 0 Å². The fraction of sp³-hybridized carbons (Fsp3) is 0. The van der Waals surface area contributed by atoms with Gasteiger partial charge in [-0.1, -0.05) is 11.6 Å². The van der Waals surface area contributed by atoms with Gasteiger partial charge in [-0.15, -0.1) is 0 Å². The number of phenols is 1. The summed E-state index contributed by atoms with van der Waals surface area (Å²) in [6.07, 6.45) is 0. The first-order chi connectivity index (χ1) is 9.47. The van der Waals surface area contributed by atoms with Gasteiger partial charge in [-0.25, -0.2) is 4.79 Å². The smallest absolute Gasteiger partial charge is 0.337 e. The maximum atomic E-state index is 12.0. The predicted octanol–water partition coefficient (Wildman–Crippen LogP) is 3.00. The van der Waals surface area contributed by atoms with Crippen LogP contribution in [0.5, 0.6) is 5.75 Å². The maximum Gasteiger partial charge on any atom is 0.337 e. The first-order valence-electron chi connectivity index (χ1n) is 5.60. The van der Waals surface area contributed by atoms with E-state index in [2.05, 4.69) is 5.32 Å². The van der Waals surface area contributed by atoms with Crippen molar-refractivity contribution >= 4 is 29.2 Å². The number of hydrogen-bond donors (Lipinski definition) is 3. The summed E-state index contributed by atoms with van der Waals surface area (Å²) in [4.78, 5) is 23.1. The number of aromatic hydroxyl groups is 1. The third kappa shape index (κ3) is 3.07. The van der Waals surface area contributed by atoms with Crippen LogP contribution in [-0.2, 0) is 0 Å². The molecule has 2 aromatic rings. The fourth-order valence-electron chi connectivity index (χ4n) is 1.61. The lowest BCUT2D eigenvalue weighted by molar-refractivity contribution is 0.0698.